The summed E-state index contributed by atoms with van der Waals surface area (Å²) in [6.45, 7) is 0. The van der Waals surface area contributed by atoms with E-state index in [0.717, 1.165) is 23.7 Å². The first-order valence-electron chi connectivity index (χ1n) is 10.9. The minimum Gasteiger partial charge on any atom is -0.0767 e. The third-order valence-corrected chi connectivity index (χ3v) is 7.77. The molecule has 0 N–H and O–H groups in total. The second-order valence-corrected chi connectivity index (χ2v) is 9.06. The topological polar surface area (TPSA) is 0 Å². The fourth-order valence-corrected chi connectivity index (χ4v) is 6.52. The molecule has 25 heavy (non-hydrogen) atoms. The fourth-order valence-electron chi connectivity index (χ4n) is 6.52. The van der Waals surface area contributed by atoms with E-state index in [9.17, 15) is 0 Å². The van der Waals surface area contributed by atoms with Gasteiger partial charge >= 0.3 is 0 Å². The van der Waals surface area contributed by atoms with E-state index in [1.54, 1.807) is 22.3 Å². The number of allylic oxidation sites excluding steroid dienone is 4. The molecule has 4 aliphatic rings. The Hall–Kier alpha value is -1.30. The van der Waals surface area contributed by atoms with Crippen molar-refractivity contribution in [2.45, 2.75) is 70.6 Å². The molecule has 0 amide bonds. The smallest absolute Gasteiger partial charge is 0.00107 e. The summed E-state index contributed by atoms with van der Waals surface area (Å²) in [5, 5.41) is 0. The van der Waals surface area contributed by atoms with Crippen LogP contribution in [0.5, 0.6) is 0 Å². The van der Waals surface area contributed by atoms with Gasteiger partial charge < -0.3 is 0 Å². The van der Waals surface area contributed by atoms with Gasteiger partial charge in [-0.2, -0.15) is 0 Å². The predicted molar refractivity (Wildman–Crippen MR) is 106 cm³/mol. The Labute approximate surface area is 153 Å². The Morgan fingerprint density at radius 1 is 0.840 bits per heavy atom. The van der Waals surface area contributed by atoms with Crippen LogP contribution in [0, 0.1) is 23.7 Å². The lowest BCUT2D eigenvalue weighted by atomic mass is 9.76. The average molecular weight is 333 g/mol. The fraction of sp³-hybridized carbons (Fsp3) is 0.600. The second-order valence-electron chi connectivity index (χ2n) is 9.06. The van der Waals surface area contributed by atoms with Crippen LogP contribution in [0.15, 0.2) is 42.0 Å². The first kappa shape index (κ1) is 15.9. The van der Waals surface area contributed by atoms with Crippen LogP contribution in [0.4, 0.5) is 0 Å². The maximum absolute atomic E-state index is 2.49. The molecule has 0 radical (unpaired) electrons. The maximum Gasteiger partial charge on any atom is -0.00107 e. The Morgan fingerprint density at radius 2 is 1.72 bits per heavy atom. The van der Waals surface area contributed by atoms with E-state index in [-0.39, 0.29) is 0 Å². The van der Waals surface area contributed by atoms with E-state index >= 15 is 0 Å². The van der Waals surface area contributed by atoms with Gasteiger partial charge in [0.2, 0.25) is 0 Å². The van der Waals surface area contributed by atoms with Crippen molar-refractivity contribution >= 4 is 5.57 Å². The quantitative estimate of drug-likeness (QED) is 0.561. The van der Waals surface area contributed by atoms with Gasteiger partial charge in [0.1, 0.15) is 0 Å². The van der Waals surface area contributed by atoms with Crippen LogP contribution in [0.2, 0.25) is 0 Å². The third kappa shape index (κ3) is 2.92. The molecular formula is C25H32. The van der Waals surface area contributed by atoms with Crippen molar-refractivity contribution in [1.82, 2.24) is 0 Å². The number of hydrogen-bond donors (Lipinski definition) is 0. The zero-order valence-corrected chi connectivity index (χ0v) is 15.6. The molecule has 0 heteroatoms. The summed E-state index contributed by atoms with van der Waals surface area (Å²) in [6, 6.07) is 9.37. The number of fused-ring (bicyclic) bond motifs is 2. The van der Waals surface area contributed by atoms with Gasteiger partial charge in [-0.3, -0.25) is 0 Å². The van der Waals surface area contributed by atoms with E-state index in [1.807, 2.05) is 0 Å². The molecule has 4 unspecified atom stereocenters. The summed E-state index contributed by atoms with van der Waals surface area (Å²) >= 11 is 0. The summed E-state index contributed by atoms with van der Waals surface area (Å²) < 4.78 is 0. The molecular weight excluding hydrogens is 300 g/mol. The van der Waals surface area contributed by atoms with Crippen LogP contribution in [-0.4, -0.2) is 0 Å². The zero-order chi connectivity index (χ0) is 16.6. The van der Waals surface area contributed by atoms with Gasteiger partial charge in [-0.25, -0.2) is 0 Å². The van der Waals surface area contributed by atoms with Gasteiger partial charge in [-0.15, -0.1) is 0 Å². The largest absolute Gasteiger partial charge is 0.0767 e. The van der Waals surface area contributed by atoms with Gasteiger partial charge in [0.25, 0.3) is 0 Å². The second kappa shape index (κ2) is 6.78. The van der Waals surface area contributed by atoms with Gasteiger partial charge in [0, 0.05) is 0 Å². The molecule has 1 aromatic rings. The molecule has 5 rings (SSSR count). The molecule has 1 aromatic carbocycles. The number of hydrogen-bond acceptors (Lipinski definition) is 0. The summed E-state index contributed by atoms with van der Waals surface area (Å²) in [7, 11) is 0. The van der Waals surface area contributed by atoms with Crippen LogP contribution in [0.25, 0.3) is 5.57 Å². The predicted octanol–water partition coefficient (Wildman–Crippen LogP) is 6.96. The van der Waals surface area contributed by atoms with E-state index in [4.69, 9.17) is 0 Å². The summed E-state index contributed by atoms with van der Waals surface area (Å²) in [5.74, 6) is 3.79. The van der Waals surface area contributed by atoms with Crippen LogP contribution in [0.1, 0.15) is 75.3 Å². The SMILES string of the molecule is C1=CC2CCCCC2=C1c1ccccc1CC1CCC2CCCCC21. The van der Waals surface area contributed by atoms with Crippen molar-refractivity contribution in [3.8, 4) is 0 Å². The van der Waals surface area contributed by atoms with Crippen molar-refractivity contribution in [3.05, 3.63) is 53.1 Å². The Bertz CT molecular complexity index is 692. The van der Waals surface area contributed by atoms with Crippen molar-refractivity contribution in [3.63, 3.8) is 0 Å². The highest BCUT2D eigenvalue weighted by molar-refractivity contribution is 5.81. The standard InChI is InChI=1S/C25H32/c1-4-10-22-18(7-1)13-14-21(22)17-20-9-3-6-12-24(20)25-16-15-19-8-2-5-11-23(19)25/h3,6,9,12,15-16,18-19,21-22H,1-2,4-5,7-8,10-11,13-14,17H2. The molecule has 4 atom stereocenters. The summed E-state index contributed by atoms with van der Waals surface area (Å²) in [6.07, 6.45) is 20.8. The number of benzene rings is 1. The first-order valence-corrected chi connectivity index (χ1v) is 10.9. The monoisotopic (exact) mass is 332 g/mol. The van der Waals surface area contributed by atoms with Gasteiger partial charge in [0.15, 0.2) is 0 Å². The number of rotatable bonds is 3. The molecule has 0 aliphatic heterocycles. The van der Waals surface area contributed by atoms with Crippen molar-refractivity contribution in [1.29, 1.82) is 0 Å². The van der Waals surface area contributed by atoms with Gasteiger partial charge in [-0.1, -0.05) is 67.7 Å². The van der Waals surface area contributed by atoms with Crippen LogP contribution >= 0.6 is 0 Å². The van der Waals surface area contributed by atoms with Crippen LogP contribution in [-0.2, 0) is 6.42 Å². The van der Waals surface area contributed by atoms with E-state index < -0.39 is 0 Å². The maximum atomic E-state index is 2.49. The third-order valence-electron chi connectivity index (χ3n) is 7.77. The van der Waals surface area contributed by atoms with Crippen molar-refractivity contribution in [2.24, 2.45) is 23.7 Å². The zero-order valence-electron chi connectivity index (χ0n) is 15.6. The molecule has 3 saturated carbocycles. The molecule has 0 spiro atoms. The van der Waals surface area contributed by atoms with E-state index in [1.165, 1.54) is 70.6 Å². The van der Waals surface area contributed by atoms with E-state index in [0.29, 0.717) is 0 Å². The van der Waals surface area contributed by atoms with Crippen LogP contribution in [0.3, 0.4) is 0 Å². The minimum absolute atomic E-state index is 0.756. The highest BCUT2D eigenvalue weighted by atomic mass is 14.4. The Morgan fingerprint density at radius 3 is 2.72 bits per heavy atom. The lowest BCUT2D eigenvalue weighted by molar-refractivity contribution is 0.227. The Balaban J connectivity index is 1.43. The molecule has 0 heterocycles. The van der Waals surface area contributed by atoms with Crippen molar-refractivity contribution in [2.75, 3.05) is 0 Å². The van der Waals surface area contributed by atoms with Crippen molar-refractivity contribution < 1.29 is 0 Å². The molecule has 0 saturated heterocycles. The molecule has 0 aromatic heterocycles. The molecule has 132 valence electrons. The first-order chi connectivity index (χ1) is 12.4. The molecule has 4 aliphatic carbocycles. The Kier molecular flexibility index (Phi) is 4.32. The normalized spacial score (nSPS) is 34.2. The highest BCUT2D eigenvalue weighted by Gasteiger charge is 2.37. The average Bonchev–Trinajstić information content (AvgIpc) is 3.27. The lowest BCUT2D eigenvalue weighted by Crippen LogP contribution is -2.20. The van der Waals surface area contributed by atoms with Gasteiger partial charge in [-0.05, 0) is 85.3 Å². The van der Waals surface area contributed by atoms with Gasteiger partial charge in [0.05, 0.1) is 0 Å². The summed E-state index contributed by atoms with van der Waals surface area (Å²) in [5.41, 5.74) is 6.55. The van der Waals surface area contributed by atoms with E-state index in [2.05, 4.69) is 36.4 Å². The molecule has 0 bridgehead atoms. The minimum atomic E-state index is 0.756. The van der Waals surface area contributed by atoms with Crippen LogP contribution < -0.4 is 0 Å². The lowest BCUT2D eigenvalue weighted by Gasteiger charge is -2.30. The molecule has 3 fully saturated rings. The summed E-state index contributed by atoms with van der Waals surface area (Å²) in [4.78, 5) is 0. The highest BCUT2D eigenvalue weighted by Crippen LogP contribution is 2.48. The molecule has 0 nitrogen and oxygen atoms in total.